The first kappa shape index (κ1) is 25.9. The fourth-order valence-corrected chi connectivity index (χ4v) is 4.60. The van der Waals surface area contributed by atoms with Crippen LogP contribution in [0.25, 0.3) is 0 Å². The van der Waals surface area contributed by atoms with Gasteiger partial charge in [-0.05, 0) is 31.4 Å². The molecule has 2 aromatic rings. The van der Waals surface area contributed by atoms with Crippen LogP contribution in [0.4, 0.5) is 0 Å². The molecule has 1 aliphatic rings. The van der Waals surface area contributed by atoms with Gasteiger partial charge in [-0.3, -0.25) is 19.7 Å². The number of aromatic nitrogens is 2. The van der Waals surface area contributed by atoms with Gasteiger partial charge in [-0.2, -0.15) is 0 Å². The minimum Gasteiger partial charge on any atom is -0.415 e. The van der Waals surface area contributed by atoms with E-state index in [1.165, 1.54) is 18.9 Å². The molecule has 34 heavy (non-hydrogen) atoms. The second-order valence-electron chi connectivity index (χ2n) is 8.60. The molecule has 184 valence electrons. The summed E-state index contributed by atoms with van der Waals surface area (Å²) in [6, 6.07) is 8.54. The molecule has 1 fully saturated rings. The lowest BCUT2D eigenvalue weighted by atomic mass is 9.83. The highest BCUT2D eigenvalue weighted by Crippen LogP contribution is 2.28. The molecule has 1 saturated carbocycles. The maximum Gasteiger partial charge on any atom is 0.276 e. The van der Waals surface area contributed by atoms with Crippen molar-refractivity contribution in [1.82, 2.24) is 20.8 Å². The van der Waals surface area contributed by atoms with Crippen LogP contribution in [0.3, 0.4) is 0 Å². The van der Waals surface area contributed by atoms with Gasteiger partial charge in [0.25, 0.3) is 11.1 Å². The molecule has 0 unspecified atom stereocenters. The molecule has 2 N–H and O–H groups in total. The molecule has 9 nitrogen and oxygen atoms in total. The van der Waals surface area contributed by atoms with Crippen LogP contribution in [0.15, 0.2) is 40.0 Å². The van der Waals surface area contributed by atoms with Crippen LogP contribution in [0.5, 0.6) is 0 Å². The summed E-state index contributed by atoms with van der Waals surface area (Å²) < 4.78 is 10.8. The number of nitrogens with one attached hydrogen (secondary N) is 2. The van der Waals surface area contributed by atoms with E-state index in [0.29, 0.717) is 36.7 Å². The van der Waals surface area contributed by atoms with E-state index in [4.69, 9.17) is 9.15 Å². The molecule has 1 aromatic carbocycles. The zero-order valence-electron chi connectivity index (χ0n) is 19.8. The molecule has 3 amide bonds. The standard InChI is InChI=1S/C24H32N4O5S/c1-15(2)34-24-28-27-23(33-24)18(13-14-32-3)22(31)26-21(30)17-11-7-8-12-19(17)25-20(29)16-9-5-4-6-10-16/h4-6,9-10,15,17-19H,7-8,11-14H2,1-3H3,(H,25,29)(H,26,30,31)/t17-,18-,19+/m1/s1. The topological polar surface area (TPSA) is 123 Å². The second kappa shape index (κ2) is 12.7. The van der Waals surface area contributed by atoms with Crippen LogP contribution in [0.1, 0.15) is 68.1 Å². The highest BCUT2D eigenvalue weighted by Gasteiger charge is 2.35. The number of benzene rings is 1. The lowest BCUT2D eigenvalue weighted by Gasteiger charge is -2.31. The first-order valence-corrected chi connectivity index (χ1v) is 12.5. The van der Waals surface area contributed by atoms with Crippen molar-refractivity contribution >= 4 is 29.5 Å². The Kier molecular flexibility index (Phi) is 9.64. The van der Waals surface area contributed by atoms with E-state index in [9.17, 15) is 14.4 Å². The van der Waals surface area contributed by atoms with E-state index in [0.717, 1.165) is 12.8 Å². The highest BCUT2D eigenvalue weighted by molar-refractivity contribution is 7.99. The van der Waals surface area contributed by atoms with Crippen molar-refractivity contribution in [1.29, 1.82) is 0 Å². The molecule has 3 rings (SSSR count). The molecule has 10 heteroatoms. The Labute approximate surface area is 203 Å². The predicted octanol–water partition coefficient (Wildman–Crippen LogP) is 3.32. The Hall–Kier alpha value is -2.72. The van der Waals surface area contributed by atoms with Gasteiger partial charge in [0, 0.05) is 30.6 Å². The summed E-state index contributed by atoms with van der Waals surface area (Å²) in [5, 5.41) is 14.2. The molecular formula is C24H32N4O5S. The van der Waals surface area contributed by atoms with Gasteiger partial charge in [0.1, 0.15) is 5.92 Å². The lowest BCUT2D eigenvalue weighted by Crippen LogP contribution is -2.50. The Morgan fingerprint density at radius 3 is 2.59 bits per heavy atom. The number of imide groups is 1. The van der Waals surface area contributed by atoms with Crippen molar-refractivity contribution in [2.45, 2.75) is 68.4 Å². The number of hydrogen-bond donors (Lipinski definition) is 2. The SMILES string of the molecule is COCC[C@H](C(=O)NC(=O)[C@@H]1CCCC[C@@H]1NC(=O)c1ccccc1)c1nnc(SC(C)C)o1. The molecule has 1 aromatic heterocycles. The third kappa shape index (κ3) is 7.14. The summed E-state index contributed by atoms with van der Waals surface area (Å²) >= 11 is 1.40. The lowest BCUT2D eigenvalue weighted by molar-refractivity contribution is -0.135. The van der Waals surface area contributed by atoms with Gasteiger partial charge in [-0.25, -0.2) is 0 Å². The Balaban J connectivity index is 1.68. The van der Waals surface area contributed by atoms with E-state index >= 15 is 0 Å². The summed E-state index contributed by atoms with van der Waals surface area (Å²) in [6.07, 6.45) is 3.33. The number of ether oxygens (including phenoxy) is 1. The molecule has 0 saturated heterocycles. The quantitative estimate of drug-likeness (QED) is 0.488. The molecule has 3 atom stereocenters. The van der Waals surface area contributed by atoms with Crippen LogP contribution in [-0.2, 0) is 14.3 Å². The zero-order chi connectivity index (χ0) is 24.5. The summed E-state index contributed by atoms with van der Waals surface area (Å²) in [5.74, 6) is -2.28. The number of carbonyl (C=O) groups excluding carboxylic acids is 3. The maximum absolute atomic E-state index is 13.1. The molecular weight excluding hydrogens is 456 g/mol. The highest BCUT2D eigenvalue weighted by atomic mass is 32.2. The van der Waals surface area contributed by atoms with Crippen LogP contribution in [-0.4, -0.2) is 52.9 Å². The van der Waals surface area contributed by atoms with Crippen molar-refractivity contribution in [3.63, 3.8) is 0 Å². The van der Waals surface area contributed by atoms with Gasteiger partial charge < -0.3 is 14.5 Å². The monoisotopic (exact) mass is 488 g/mol. The summed E-state index contributed by atoms with van der Waals surface area (Å²) in [6.45, 7) is 4.29. The normalized spacial score (nSPS) is 18.9. The Morgan fingerprint density at radius 1 is 1.15 bits per heavy atom. The molecule has 1 heterocycles. The van der Waals surface area contributed by atoms with Gasteiger partial charge in [-0.1, -0.05) is 56.7 Å². The third-order valence-electron chi connectivity index (χ3n) is 5.69. The number of thioether (sulfide) groups is 1. The van der Waals surface area contributed by atoms with Crippen LogP contribution in [0, 0.1) is 5.92 Å². The average molecular weight is 489 g/mol. The van der Waals surface area contributed by atoms with Crippen molar-refractivity contribution in [2.75, 3.05) is 13.7 Å². The number of amides is 3. The molecule has 0 bridgehead atoms. The first-order valence-electron chi connectivity index (χ1n) is 11.6. The van der Waals surface area contributed by atoms with Gasteiger partial charge in [-0.15, -0.1) is 10.2 Å². The zero-order valence-corrected chi connectivity index (χ0v) is 20.6. The predicted molar refractivity (Wildman–Crippen MR) is 127 cm³/mol. The van der Waals surface area contributed by atoms with Gasteiger partial charge in [0.05, 0.1) is 5.92 Å². The number of carbonyl (C=O) groups is 3. The van der Waals surface area contributed by atoms with E-state index in [1.54, 1.807) is 24.3 Å². The third-order valence-corrected chi connectivity index (χ3v) is 6.52. The summed E-state index contributed by atoms with van der Waals surface area (Å²) in [5.41, 5.74) is 0.536. The number of methoxy groups -OCH3 is 1. The van der Waals surface area contributed by atoms with Crippen molar-refractivity contribution < 1.29 is 23.5 Å². The van der Waals surface area contributed by atoms with Gasteiger partial charge >= 0.3 is 0 Å². The van der Waals surface area contributed by atoms with Gasteiger partial charge in [0.15, 0.2) is 0 Å². The average Bonchev–Trinajstić information content (AvgIpc) is 3.27. The van der Waals surface area contributed by atoms with E-state index in [1.807, 2.05) is 19.9 Å². The molecule has 1 aliphatic carbocycles. The Bertz CT molecular complexity index is 965. The summed E-state index contributed by atoms with van der Waals surface area (Å²) in [7, 11) is 1.54. The van der Waals surface area contributed by atoms with Gasteiger partial charge in [0.2, 0.25) is 17.7 Å². The largest absolute Gasteiger partial charge is 0.415 e. The maximum atomic E-state index is 13.1. The summed E-state index contributed by atoms with van der Waals surface area (Å²) in [4.78, 5) is 38.8. The fraction of sp³-hybridized carbons (Fsp3) is 0.542. The minimum atomic E-state index is -0.807. The van der Waals surface area contributed by atoms with Crippen molar-refractivity contribution in [3.8, 4) is 0 Å². The Morgan fingerprint density at radius 2 is 1.88 bits per heavy atom. The van der Waals surface area contributed by atoms with Crippen molar-refractivity contribution in [2.24, 2.45) is 5.92 Å². The van der Waals surface area contributed by atoms with E-state index in [2.05, 4.69) is 20.8 Å². The smallest absolute Gasteiger partial charge is 0.276 e. The van der Waals surface area contributed by atoms with Crippen LogP contribution < -0.4 is 10.6 Å². The molecule has 0 aliphatic heterocycles. The van der Waals surface area contributed by atoms with E-state index in [-0.39, 0.29) is 23.1 Å². The molecule has 0 spiro atoms. The number of hydrogen-bond acceptors (Lipinski definition) is 8. The number of nitrogens with zero attached hydrogens (tertiary/aromatic N) is 2. The number of rotatable bonds is 10. The second-order valence-corrected chi connectivity index (χ2v) is 10.1. The van der Waals surface area contributed by atoms with Crippen LogP contribution in [0.2, 0.25) is 0 Å². The fourth-order valence-electron chi connectivity index (χ4n) is 3.97. The van der Waals surface area contributed by atoms with E-state index < -0.39 is 23.7 Å². The first-order chi connectivity index (χ1) is 16.4. The minimum absolute atomic E-state index is 0.156. The van der Waals surface area contributed by atoms with Crippen molar-refractivity contribution in [3.05, 3.63) is 41.8 Å². The van der Waals surface area contributed by atoms with Crippen LogP contribution >= 0.6 is 11.8 Å². The molecule has 0 radical (unpaired) electrons.